The molecule has 1 heterocycles. The summed E-state index contributed by atoms with van der Waals surface area (Å²) in [5.74, 6) is 1.61. The predicted octanol–water partition coefficient (Wildman–Crippen LogP) is 3.66. The summed E-state index contributed by atoms with van der Waals surface area (Å²) in [6.07, 6.45) is 2.83. The van der Waals surface area contributed by atoms with Crippen LogP contribution in [0.3, 0.4) is 0 Å². The van der Waals surface area contributed by atoms with Crippen LogP contribution in [-0.4, -0.2) is 11.5 Å². The number of anilines is 1. The Morgan fingerprint density at radius 2 is 2.14 bits per heavy atom. The zero-order valence-electron chi connectivity index (χ0n) is 12.4. The molecule has 0 saturated heterocycles. The van der Waals surface area contributed by atoms with Crippen LogP contribution in [0.4, 0.5) is 5.82 Å². The van der Waals surface area contributed by atoms with Crippen molar-refractivity contribution in [2.45, 2.75) is 26.9 Å². The van der Waals surface area contributed by atoms with Gasteiger partial charge in [-0.3, -0.25) is 0 Å². The highest BCUT2D eigenvalue weighted by Crippen LogP contribution is 2.20. The molecule has 0 radical (unpaired) electrons. The van der Waals surface area contributed by atoms with Crippen LogP contribution in [0, 0.1) is 18.3 Å². The maximum absolute atomic E-state index is 8.93. The maximum atomic E-state index is 8.93. The van der Waals surface area contributed by atoms with Gasteiger partial charge in [0.05, 0.1) is 11.6 Å². The van der Waals surface area contributed by atoms with Crippen LogP contribution in [0.1, 0.15) is 30.0 Å². The van der Waals surface area contributed by atoms with Crippen molar-refractivity contribution in [1.29, 1.82) is 5.26 Å². The van der Waals surface area contributed by atoms with E-state index in [0.717, 1.165) is 35.7 Å². The van der Waals surface area contributed by atoms with Gasteiger partial charge in [0.25, 0.3) is 0 Å². The van der Waals surface area contributed by atoms with Crippen molar-refractivity contribution in [3.63, 3.8) is 0 Å². The number of hydrogen-bond donors (Lipinski definition) is 1. The van der Waals surface area contributed by atoms with E-state index in [0.29, 0.717) is 12.2 Å². The van der Waals surface area contributed by atoms with Crippen LogP contribution < -0.4 is 10.1 Å². The van der Waals surface area contributed by atoms with Crippen molar-refractivity contribution in [3.8, 4) is 11.8 Å². The van der Waals surface area contributed by atoms with E-state index in [2.05, 4.69) is 23.3 Å². The normalized spacial score (nSPS) is 9.95. The van der Waals surface area contributed by atoms with E-state index in [9.17, 15) is 0 Å². The first-order valence-electron chi connectivity index (χ1n) is 7.05. The molecule has 0 aliphatic rings. The lowest BCUT2D eigenvalue weighted by Gasteiger charge is -2.10. The summed E-state index contributed by atoms with van der Waals surface area (Å²) in [4.78, 5) is 4.27. The average Bonchev–Trinajstić information content (AvgIpc) is 2.52. The molecule has 1 N–H and O–H groups in total. The van der Waals surface area contributed by atoms with E-state index < -0.39 is 0 Å². The molecule has 4 heteroatoms. The second-order valence-corrected chi connectivity index (χ2v) is 4.86. The van der Waals surface area contributed by atoms with Gasteiger partial charge in [0.2, 0.25) is 0 Å². The van der Waals surface area contributed by atoms with Crippen LogP contribution in [0.5, 0.6) is 5.75 Å². The Balaban J connectivity index is 2.04. The van der Waals surface area contributed by atoms with Crippen LogP contribution in [0.2, 0.25) is 0 Å². The van der Waals surface area contributed by atoms with Crippen molar-refractivity contribution in [2.24, 2.45) is 0 Å². The lowest BCUT2D eigenvalue weighted by molar-refractivity contribution is 0.304. The molecule has 1 aromatic carbocycles. The molecule has 0 unspecified atom stereocenters. The van der Waals surface area contributed by atoms with Gasteiger partial charge in [0.1, 0.15) is 18.2 Å². The molecule has 108 valence electrons. The Morgan fingerprint density at radius 3 is 2.90 bits per heavy atom. The Morgan fingerprint density at radius 1 is 1.29 bits per heavy atom. The van der Waals surface area contributed by atoms with Gasteiger partial charge in [-0.2, -0.15) is 5.26 Å². The highest BCUT2D eigenvalue weighted by molar-refractivity contribution is 5.42. The van der Waals surface area contributed by atoms with Gasteiger partial charge in [0.15, 0.2) is 0 Å². The summed E-state index contributed by atoms with van der Waals surface area (Å²) in [5, 5.41) is 12.2. The highest BCUT2D eigenvalue weighted by Gasteiger charge is 2.03. The summed E-state index contributed by atoms with van der Waals surface area (Å²) >= 11 is 0. The van der Waals surface area contributed by atoms with E-state index in [1.54, 1.807) is 18.3 Å². The first kappa shape index (κ1) is 14.9. The number of hydrogen-bond acceptors (Lipinski definition) is 4. The SMILES string of the molecule is CCCNc1cc(COc2cc(C#N)ccc2C)ccn1. The molecule has 0 saturated carbocycles. The molecule has 0 bridgehead atoms. The van der Waals surface area contributed by atoms with E-state index in [4.69, 9.17) is 10.00 Å². The lowest BCUT2D eigenvalue weighted by Crippen LogP contribution is -2.03. The second kappa shape index (κ2) is 7.30. The number of pyridine rings is 1. The van der Waals surface area contributed by atoms with Crippen molar-refractivity contribution in [2.75, 3.05) is 11.9 Å². The molecule has 0 fully saturated rings. The number of rotatable bonds is 6. The molecular weight excluding hydrogens is 262 g/mol. The second-order valence-electron chi connectivity index (χ2n) is 4.86. The first-order chi connectivity index (χ1) is 10.2. The summed E-state index contributed by atoms with van der Waals surface area (Å²) in [5.41, 5.74) is 2.67. The minimum atomic E-state index is 0.457. The zero-order valence-corrected chi connectivity index (χ0v) is 12.4. The van der Waals surface area contributed by atoms with Gasteiger partial charge in [-0.15, -0.1) is 0 Å². The third-order valence-corrected chi connectivity index (χ3v) is 3.09. The minimum absolute atomic E-state index is 0.457. The maximum Gasteiger partial charge on any atom is 0.126 e. The summed E-state index contributed by atoms with van der Waals surface area (Å²) < 4.78 is 5.82. The van der Waals surface area contributed by atoms with E-state index >= 15 is 0 Å². The fourth-order valence-electron chi connectivity index (χ4n) is 1.90. The van der Waals surface area contributed by atoms with E-state index in [1.165, 1.54) is 0 Å². The summed E-state index contributed by atoms with van der Waals surface area (Å²) in [6.45, 7) is 5.45. The highest BCUT2D eigenvalue weighted by atomic mass is 16.5. The molecular formula is C17H19N3O. The number of aromatic nitrogens is 1. The fraction of sp³-hybridized carbons (Fsp3) is 0.294. The molecule has 4 nitrogen and oxygen atoms in total. The van der Waals surface area contributed by atoms with Crippen molar-refractivity contribution >= 4 is 5.82 Å². The van der Waals surface area contributed by atoms with Crippen LogP contribution in [0.25, 0.3) is 0 Å². The summed E-state index contributed by atoms with van der Waals surface area (Å²) in [7, 11) is 0. The third kappa shape index (κ3) is 4.22. The molecule has 2 rings (SSSR count). The van der Waals surface area contributed by atoms with Gasteiger partial charge < -0.3 is 10.1 Å². The van der Waals surface area contributed by atoms with Crippen molar-refractivity contribution in [1.82, 2.24) is 4.98 Å². The molecule has 2 aromatic rings. The molecule has 1 aromatic heterocycles. The number of nitrogens with one attached hydrogen (secondary N) is 1. The number of benzene rings is 1. The smallest absolute Gasteiger partial charge is 0.126 e. The Bertz CT molecular complexity index is 647. The number of nitriles is 1. The van der Waals surface area contributed by atoms with Crippen LogP contribution in [0.15, 0.2) is 36.5 Å². The number of aryl methyl sites for hydroxylation is 1. The largest absolute Gasteiger partial charge is 0.489 e. The lowest BCUT2D eigenvalue weighted by atomic mass is 10.1. The Hall–Kier alpha value is -2.54. The topological polar surface area (TPSA) is 57.9 Å². The molecule has 0 atom stereocenters. The van der Waals surface area contributed by atoms with Crippen molar-refractivity contribution < 1.29 is 4.74 Å². The quantitative estimate of drug-likeness (QED) is 0.877. The molecule has 0 aliphatic heterocycles. The third-order valence-electron chi connectivity index (χ3n) is 3.09. The molecule has 0 spiro atoms. The van der Waals surface area contributed by atoms with Crippen LogP contribution in [-0.2, 0) is 6.61 Å². The summed E-state index contributed by atoms with van der Waals surface area (Å²) in [6, 6.07) is 11.5. The van der Waals surface area contributed by atoms with Gasteiger partial charge in [-0.05, 0) is 48.7 Å². The number of nitrogens with zero attached hydrogens (tertiary/aromatic N) is 2. The van der Waals surface area contributed by atoms with Gasteiger partial charge >= 0.3 is 0 Å². The van der Waals surface area contributed by atoms with Gasteiger partial charge in [-0.25, -0.2) is 4.98 Å². The van der Waals surface area contributed by atoms with Crippen LogP contribution >= 0.6 is 0 Å². The minimum Gasteiger partial charge on any atom is -0.489 e. The zero-order chi connectivity index (χ0) is 15.1. The standard InChI is InChI=1S/C17H19N3O/c1-3-7-19-17-10-15(6-8-20-17)12-21-16-9-14(11-18)5-4-13(16)2/h4-6,8-10H,3,7,12H2,1-2H3,(H,19,20). The Labute approximate surface area is 125 Å². The van der Waals surface area contributed by atoms with Gasteiger partial charge in [0, 0.05) is 12.7 Å². The number of ether oxygens (including phenoxy) is 1. The molecule has 0 aliphatic carbocycles. The Kier molecular flexibility index (Phi) is 5.16. The molecule has 21 heavy (non-hydrogen) atoms. The van der Waals surface area contributed by atoms with E-state index in [-0.39, 0.29) is 0 Å². The van der Waals surface area contributed by atoms with Gasteiger partial charge in [-0.1, -0.05) is 13.0 Å². The monoisotopic (exact) mass is 281 g/mol. The average molecular weight is 281 g/mol. The van der Waals surface area contributed by atoms with E-state index in [1.807, 2.05) is 25.1 Å². The first-order valence-corrected chi connectivity index (χ1v) is 7.05. The van der Waals surface area contributed by atoms with Crippen molar-refractivity contribution in [3.05, 3.63) is 53.2 Å². The predicted molar refractivity (Wildman–Crippen MR) is 83.2 cm³/mol. The fourth-order valence-corrected chi connectivity index (χ4v) is 1.90. The molecule has 0 amide bonds.